The fraction of sp³-hybridized carbons (Fsp3) is 0.145. The summed E-state index contributed by atoms with van der Waals surface area (Å²) in [6.07, 6.45) is 2.37. The van der Waals surface area contributed by atoms with Crippen LogP contribution >= 0.6 is 0 Å². The van der Waals surface area contributed by atoms with Crippen LogP contribution in [0.3, 0.4) is 0 Å². The number of benzene rings is 8. The van der Waals surface area contributed by atoms with Gasteiger partial charge in [-0.15, -0.1) is 0 Å². The van der Waals surface area contributed by atoms with Gasteiger partial charge in [0.15, 0.2) is 17.5 Å². The van der Waals surface area contributed by atoms with E-state index < -0.39 is 0 Å². The van der Waals surface area contributed by atoms with Crippen LogP contribution in [0.5, 0.6) is 0 Å². The average Bonchev–Trinajstić information content (AvgIpc) is 3.61. The molecule has 0 radical (unpaired) electrons. The van der Waals surface area contributed by atoms with E-state index in [9.17, 15) is 0 Å². The highest BCUT2D eigenvalue weighted by Gasteiger charge is 2.38. The second-order valence-corrected chi connectivity index (χ2v) is 17.6. The molecule has 2 aromatic heterocycles. The average molecular weight is 761 g/mol. The molecule has 0 amide bonds. The van der Waals surface area contributed by atoms with Gasteiger partial charge in [-0.3, -0.25) is 0 Å². The lowest BCUT2D eigenvalue weighted by atomic mass is 9.63. The minimum Gasteiger partial charge on any atom is -0.309 e. The predicted molar refractivity (Wildman–Crippen MR) is 246 cm³/mol. The van der Waals surface area contributed by atoms with E-state index in [4.69, 9.17) is 15.0 Å². The van der Waals surface area contributed by atoms with Gasteiger partial charge in [-0.2, -0.15) is 0 Å². The maximum Gasteiger partial charge on any atom is 0.164 e. The SMILES string of the molecule is CC1(C)CCC(C)(C)c2cc3c(cc21)c1ccccc1n3-c1ccc2ccc(-c3nc(-c4ccccc4)nc(-c4ccc(-c5ccc6ccccc6c5)cc4)n3)cc2c1. The van der Waals surface area contributed by atoms with E-state index in [2.05, 4.69) is 184 Å². The summed E-state index contributed by atoms with van der Waals surface area (Å²) in [5, 5.41) is 7.37. The summed E-state index contributed by atoms with van der Waals surface area (Å²) in [6.45, 7) is 9.64. The first-order chi connectivity index (χ1) is 28.7. The van der Waals surface area contributed by atoms with Gasteiger partial charge in [0.25, 0.3) is 0 Å². The first-order valence-electron chi connectivity index (χ1n) is 20.7. The summed E-state index contributed by atoms with van der Waals surface area (Å²) in [5.41, 5.74) is 12.0. The number of aromatic nitrogens is 4. The Labute approximate surface area is 344 Å². The lowest BCUT2D eigenvalue weighted by molar-refractivity contribution is 0.332. The third-order valence-corrected chi connectivity index (χ3v) is 12.9. The molecule has 0 fully saturated rings. The highest BCUT2D eigenvalue weighted by atomic mass is 15.0. The van der Waals surface area contributed by atoms with Crippen molar-refractivity contribution in [3.8, 4) is 51.0 Å². The number of hydrogen-bond acceptors (Lipinski definition) is 3. The van der Waals surface area contributed by atoms with Gasteiger partial charge in [0.2, 0.25) is 0 Å². The summed E-state index contributed by atoms with van der Waals surface area (Å²) >= 11 is 0. The zero-order valence-corrected chi connectivity index (χ0v) is 33.9. The van der Waals surface area contributed by atoms with Crippen LogP contribution in [0.2, 0.25) is 0 Å². The molecule has 4 heteroatoms. The largest absolute Gasteiger partial charge is 0.309 e. The Morgan fingerprint density at radius 3 is 1.64 bits per heavy atom. The number of rotatable bonds is 5. The van der Waals surface area contributed by atoms with Gasteiger partial charge in [0, 0.05) is 33.2 Å². The molecule has 0 N–H and O–H groups in total. The fourth-order valence-electron chi connectivity index (χ4n) is 9.35. The van der Waals surface area contributed by atoms with Crippen LogP contribution in [0.25, 0.3) is 94.3 Å². The monoisotopic (exact) mass is 760 g/mol. The van der Waals surface area contributed by atoms with E-state index in [0.29, 0.717) is 17.5 Å². The topological polar surface area (TPSA) is 43.6 Å². The molecule has 1 aliphatic rings. The van der Waals surface area contributed by atoms with Crippen LogP contribution < -0.4 is 0 Å². The second-order valence-electron chi connectivity index (χ2n) is 17.6. The van der Waals surface area contributed by atoms with Gasteiger partial charge in [0.1, 0.15) is 0 Å². The molecule has 0 saturated heterocycles. The molecule has 0 saturated carbocycles. The summed E-state index contributed by atoms with van der Waals surface area (Å²) in [6, 6.07) is 61.1. The van der Waals surface area contributed by atoms with E-state index in [1.54, 1.807) is 0 Å². The third-order valence-electron chi connectivity index (χ3n) is 12.9. The van der Waals surface area contributed by atoms with Crippen molar-refractivity contribution in [1.82, 2.24) is 19.5 Å². The normalized spacial score (nSPS) is 14.6. The quantitative estimate of drug-likeness (QED) is 0.175. The molecular formula is C55H44N4. The molecule has 0 atom stereocenters. The Hall–Kier alpha value is -6.91. The van der Waals surface area contributed by atoms with Crippen molar-refractivity contribution in [1.29, 1.82) is 0 Å². The maximum atomic E-state index is 5.14. The van der Waals surface area contributed by atoms with Crippen molar-refractivity contribution < 1.29 is 0 Å². The molecule has 8 aromatic carbocycles. The Kier molecular flexibility index (Phi) is 7.96. The van der Waals surface area contributed by atoms with Crippen LogP contribution in [0.4, 0.5) is 0 Å². The minimum absolute atomic E-state index is 0.111. The first kappa shape index (κ1) is 35.3. The van der Waals surface area contributed by atoms with E-state index in [1.807, 2.05) is 18.2 Å². The smallest absolute Gasteiger partial charge is 0.164 e. The van der Waals surface area contributed by atoms with Crippen molar-refractivity contribution in [2.45, 2.75) is 51.4 Å². The van der Waals surface area contributed by atoms with Crippen LogP contribution in [0, 0.1) is 0 Å². The Morgan fingerprint density at radius 2 is 0.898 bits per heavy atom. The summed E-state index contributed by atoms with van der Waals surface area (Å²) in [4.78, 5) is 15.3. The lowest BCUT2D eigenvalue weighted by Gasteiger charge is -2.42. The van der Waals surface area contributed by atoms with Gasteiger partial charge < -0.3 is 4.57 Å². The molecule has 59 heavy (non-hydrogen) atoms. The van der Waals surface area contributed by atoms with E-state index in [1.165, 1.54) is 67.5 Å². The first-order valence-corrected chi connectivity index (χ1v) is 20.7. The second kappa shape index (κ2) is 13.3. The third kappa shape index (κ3) is 6.01. The summed E-state index contributed by atoms with van der Waals surface area (Å²) in [5.74, 6) is 1.94. The number of fused-ring (bicyclic) bond motifs is 6. The Bertz CT molecular complexity index is 3260. The highest BCUT2D eigenvalue weighted by Crippen LogP contribution is 2.48. The van der Waals surface area contributed by atoms with Gasteiger partial charge in [-0.1, -0.05) is 155 Å². The van der Waals surface area contributed by atoms with Crippen molar-refractivity contribution in [2.75, 3.05) is 0 Å². The maximum absolute atomic E-state index is 5.14. The van der Waals surface area contributed by atoms with Crippen LogP contribution in [-0.2, 0) is 10.8 Å². The zero-order chi connectivity index (χ0) is 39.9. The van der Waals surface area contributed by atoms with Gasteiger partial charge >= 0.3 is 0 Å². The number of para-hydroxylation sites is 1. The van der Waals surface area contributed by atoms with Gasteiger partial charge in [-0.05, 0) is 110 Å². The van der Waals surface area contributed by atoms with Crippen LogP contribution in [-0.4, -0.2) is 19.5 Å². The summed E-state index contributed by atoms with van der Waals surface area (Å²) in [7, 11) is 0. The molecule has 284 valence electrons. The predicted octanol–water partition coefficient (Wildman–Crippen LogP) is 14.3. The molecule has 0 unspecified atom stereocenters. The zero-order valence-electron chi connectivity index (χ0n) is 33.9. The standard InChI is InChI=1S/C55H44N4/c1-54(2)28-29-55(3,4)48-34-50-46(33-47(48)54)45-16-10-11-17-49(45)59(50)44-27-26-37-21-25-42(31-43(37)32-44)53-57-51(38-13-6-5-7-14-38)56-52(58-53)39-22-18-36(19-23-39)41-24-20-35-12-8-9-15-40(35)30-41/h5-27,30-34H,28-29H2,1-4H3. The van der Waals surface area contributed by atoms with Gasteiger partial charge in [-0.25, -0.2) is 15.0 Å². The van der Waals surface area contributed by atoms with E-state index in [0.717, 1.165) is 33.3 Å². The molecule has 11 rings (SSSR count). The molecular weight excluding hydrogens is 717 g/mol. The van der Waals surface area contributed by atoms with Crippen molar-refractivity contribution in [2.24, 2.45) is 0 Å². The van der Waals surface area contributed by atoms with E-state index in [-0.39, 0.29) is 10.8 Å². The van der Waals surface area contributed by atoms with Crippen molar-refractivity contribution >= 4 is 43.4 Å². The van der Waals surface area contributed by atoms with Crippen LogP contribution in [0.15, 0.2) is 170 Å². The fourth-order valence-corrected chi connectivity index (χ4v) is 9.35. The molecule has 4 nitrogen and oxygen atoms in total. The van der Waals surface area contributed by atoms with Gasteiger partial charge in [0.05, 0.1) is 11.0 Å². The number of nitrogens with zero attached hydrogens (tertiary/aromatic N) is 4. The molecule has 0 bridgehead atoms. The van der Waals surface area contributed by atoms with Crippen LogP contribution in [0.1, 0.15) is 51.7 Å². The number of hydrogen-bond donors (Lipinski definition) is 0. The van der Waals surface area contributed by atoms with Crippen molar-refractivity contribution in [3.63, 3.8) is 0 Å². The Balaban J connectivity index is 1.03. The Morgan fingerprint density at radius 1 is 0.373 bits per heavy atom. The highest BCUT2D eigenvalue weighted by molar-refractivity contribution is 6.10. The summed E-state index contributed by atoms with van der Waals surface area (Å²) < 4.78 is 2.46. The molecule has 0 spiro atoms. The molecule has 2 heterocycles. The lowest BCUT2D eigenvalue weighted by Crippen LogP contribution is -2.33. The minimum atomic E-state index is 0.111. The van der Waals surface area contributed by atoms with Crippen molar-refractivity contribution in [3.05, 3.63) is 181 Å². The molecule has 1 aliphatic carbocycles. The molecule has 10 aromatic rings. The van der Waals surface area contributed by atoms with E-state index >= 15 is 0 Å². The molecule has 0 aliphatic heterocycles.